The normalized spacial score (nSPS) is 12.6. The van der Waals surface area contributed by atoms with Crippen LogP contribution in [-0.2, 0) is 9.53 Å². The SMILES string of the molecule is CCC[C@@H](NC(=O)[C@H](C)OC(=O)c1nn(-c2ccccc2)cc1OC)c1ccccc1. The minimum Gasteiger partial charge on any atom is -0.493 e. The minimum absolute atomic E-state index is 0.0131. The summed E-state index contributed by atoms with van der Waals surface area (Å²) in [5.41, 5.74) is 1.80. The lowest BCUT2D eigenvalue weighted by atomic mass is 10.0. The van der Waals surface area contributed by atoms with Crippen LogP contribution in [0.4, 0.5) is 0 Å². The zero-order chi connectivity index (χ0) is 22.2. The van der Waals surface area contributed by atoms with Crippen LogP contribution in [0.2, 0.25) is 0 Å². The highest BCUT2D eigenvalue weighted by molar-refractivity contribution is 5.93. The molecule has 7 nitrogen and oxygen atoms in total. The van der Waals surface area contributed by atoms with Crippen molar-refractivity contribution in [3.8, 4) is 11.4 Å². The summed E-state index contributed by atoms with van der Waals surface area (Å²) in [6.07, 6.45) is 2.30. The molecule has 1 aromatic heterocycles. The summed E-state index contributed by atoms with van der Waals surface area (Å²) in [5, 5.41) is 7.26. The fourth-order valence-electron chi connectivity index (χ4n) is 3.22. The van der Waals surface area contributed by atoms with Gasteiger partial charge in [-0.3, -0.25) is 4.79 Å². The van der Waals surface area contributed by atoms with Crippen LogP contribution in [0.5, 0.6) is 5.75 Å². The van der Waals surface area contributed by atoms with Crippen LogP contribution >= 0.6 is 0 Å². The Morgan fingerprint density at radius 3 is 2.32 bits per heavy atom. The quantitative estimate of drug-likeness (QED) is 0.527. The van der Waals surface area contributed by atoms with Gasteiger partial charge in [0.25, 0.3) is 5.91 Å². The number of nitrogens with one attached hydrogen (secondary N) is 1. The van der Waals surface area contributed by atoms with Crippen molar-refractivity contribution in [1.29, 1.82) is 0 Å². The van der Waals surface area contributed by atoms with Crippen molar-refractivity contribution in [3.63, 3.8) is 0 Å². The van der Waals surface area contributed by atoms with Crippen molar-refractivity contribution in [3.05, 3.63) is 78.1 Å². The Morgan fingerprint density at radius 2 is 1.71 bits per heavy atom. The largest absolute Gasteiger partial charge is 0.493 e. The molecule has 3 rings (SSSR count). The molecule has 31 heavy (non-hydrogen) atoms. The van der Waals surface area contributed by atoms with Gasteiger partial charge in [-0.05, 0) is 31.0 Å². The summed E-state index contributed by atoms with van der Waals surface area (Å²) in [6, 6.07) is 18.9. The molecule has 1 N–H and O–H groups in total. The van der Waals surface area contributed by atoms with E-state index < -0.39 is 12.1 Å². The first-order chi connectivity index (χ1) is 15.0. The number of ether oxygens (including phenoxy) is 2. The molecule has 0 fully saturated rings. The van der Waals surface area contributed by atoms with Crippen LogP contribution < -0.4 is 10.1 Å². The Morgan fingerprint density at radius 1 is 1.06 bits per heavy atom. The number of methoxy groups -OCH3 is 1. The average Bonchev–Trinajstić information content (AvgIpc) is 3.24. The number of para-hydroxylation sites is 1. The number of nitrogens with zero attached hydrogens (tertiary/aromatic N) is 2. The maximum absolute atomic E-state index is 12.7. The van der Waals surface area contributed by atoms with Crippen LogP contribution in [0.3, 0.4) is 0 Å². The van der Waals surface area contributed by atoms with E-state index >= 15 is 0 Å². The summed E-state index contributed by atoms with van der Waals surface area (Å²) in [5.74, 6) is -0.812. The van der Waals surface area contributed by atoms with Gasteiger partial charge < -0.3 is 14.8 Å². The molecule has 0 saturated heterocycles. The Labute approximate surface area is 182 Å². The molecule has 0 aliphatic heterocycles. The molecule has 7 heteroatoms. The molecule has 1 amide bonds. The molecule has 0 spiro atoms. The highest BCUT2D eigenvalue weighted by Crippen LogP contribution is 2.22. The summed E-state index contributed by atoms with van der Waals surface area (Å²) in [4.78, 5) is 25.4. The van der Waals surface area contributed by atoms with Gasteiger partial charge in [-0.1, -0.05) is 61.9 Å². The van der Waals surface area contributed by atoms with Gasteiger partial charge in [0.05, 0.1) is 25.0 Å². The lowest BCUT2D eigenvalue weighted by Crippen LogP contribution is -2.38. The molecule has 0 unspecified atom stereocenters. The van der Waals surface area contributed by atoms with E-state index in [2.05, 4.69) is 17.3 Å². The van der Waals surface area contributed by atoms with Crippen LogP contribution in [-0.4, -0.2) is 34.9 Å². The van der Waals surface area contributed by atoms with E-state index in [1.165, 1.54) is 11.8 Å². The van der Waals surface area contributed by atoms with Crippen LogP contribution in [0.25, 0.3) is 5.69 Å². The van der Waals surface area contributed by atoms with E-state index in [-0.39, 0.29) is 23.4 Å². The van der Waals surface area contributed by atoms with Gasteiger partial charge in [-0.25, -0.2) is 9.48 Å². The van der Waals surface area contributed by atoms with Gasteiger partial charge in [0.15, 0.2) is 11.9 Å². The Kier molecular flexibility index (Phi) is 7.43. The second-order valence-corrected chi connectivity index (χ2v) is 7.13. The maximum atomic E-state index is 12.7. The smallest absolute Gasteiger partial charge is 0.363 e. The van der Waals surface area contributed by atoms with E-state index in [1.54, 1.807) is 13.1 Å². The molecule has 0 radical (unpaired) electrons. The lowest BCUT2D eigenvalue weighted by molar-refractivity contribution is -0.130. The molecule has 0 aliphatic rings. The van der Waals surface area contributed by atoms with Crippen molar-refractivity contribution in [2.24, 2.45) is 0 Å². The van der Waals surface area contributed by atoms with E-state index in [1.807, 2.05) is 60.7 Å². The third-order valence-corrected chi connectivity index (χ3v) is 4.86. The van der Waals surface area contributed by atoms with E-state index in [9.17, 15) is 9.59 Å². The fourth-order valence-corrected chi connectivity index (χ4v) is 3.22. The highest BCUT2D eigenvalue weighted by atomic mass is 16.6. The summed E-state index contributed by atoms with van der Waals surface area (Å²) >= 11 is 0. The molecule has 2 aromatic carbocycles. The number of rotatable bonds is 9. The van der Waals surface area contributed by atoms with Crippen molar-refractivity contribution < 1.29 is 19.1 Å². The zero-order valence-corrected chi connectivity index (χ0v) is 17.9. The molecule has 3 aromatic rings. The Balaban J connectivity index is 1.69. The Hall–Kier alpha value is -3.61. The first kappa shape index (κ1) is 22.1. The van der Waals surface area contributed by atoms with E-state index in [0.29, 0.717) is 0 Å². The predicted molar refractivity (Wildman–Crippen MR) is 117 cm³/mol. The number of benzene rings is 2. The third kappa shape index (κ3) is 5.51. The second-order valence-electron chi connectivity index (χ2n) is 7.13. The molecule has 0 bridgehead atoms. The first-order valence-electron chi connectivity index (χ1n) is 10.3. The second kappa shape index (κ2) is 10.4. The lowest BCUT2D eigenvalue weighted by Gasteiger charge is -2.21. The van der Waals surface area contributed by atoms with Gasteiger partial charge in [0.1, 0.15) is 0 Å². The number of aromatic nitrogens is 2. The monoisotopic (exact) mass is 421 g/mol. The molecule has 1 heterocycles. The van der Waals surface area contributed by atoms with Crippen LogP contribution in [0.15, 0.2) is 66.9 Å². The molecular formula is C24H27N3O4. The van der Waals surface area contributed by atoms with Gasteiger partial charge in [-0.15, -0.1) is 0 Å². The zero-order valence-electron chi connectivity index (χ0n) is 17.9. The number of carbonyl (C=O) groups is 2. The summed E-state index contributed by atoms with van der Waals surface area (Å²) in [7, 11) is 1.45. The van der Waals surface area contributed by atoms with Crippen LogP contribution in [0.1, 0.15) is 48.8 Å². The molecule has 0 saturated carbocycles. The maximum Gasteiger partial charge on any atom is 0.363 e. The number of hydrogen-bond acceptors (Lipinski definition) is 5. The predicted octanol–water partition coefficient (Wildman–Crippen LogP) is 4.08. The average molecular weight is 421 g/mol. The molecule has 0 aliphatic carbocycles. The number of hydrogen-bond donors (Lipinski definition) is 1. The molecule has 162 valence electrons. The minimum atomic E-state index is -0.984. The number of amides is 1. The van der Waals surface area contributed by atoms with Crippen molar-refractivity contribution >= 4 is 11.9 Å². The van der Waals surface area contributed by atoms with Gasteiger partial charge in [-0.2, -0.15) is 5.10 Å². The Bertz CT molecular complexity index is 1000. The fraction of sp³-hybridized carbons (Fsp3) is 0.292. The first-order valence-corrected chi connectivity index (χ1v) is 10.3. The molecule has 2 atom stereocenters. The van der Waals surface area contributed by atoms with Gasteiger partial charge in [0.2, 0.25) is 5.69 Å². The summed E-state index contributed by atoms with van der Waals surface area (Å²) in [6.45, 7) is 3.60. The standard InChI is InChI=1S/C24H27N3O4/c1-4-11-20(18-12-7-5-8-13-18)25-23(28)17(2)31-24(29)22-21(30-3)16-27(26-22)19-14-9-6-10-15-19/h5-10,12-17,20H,4,11H2,1-3H3,(H,25,28)/t17-,20+/m0/s1. The number of carbonyl (C=O) groups excluding carboxylic acids is 2. The van der Waals surface area contributed by atoms with Gasteiger partial charge >= 0.3 is 5.97 Å². The highest BCUT2D eigenvalue weighted by Gasteiger charge is 2.26. The van der Waals surface area contributed by atoms with Crippen molar-refractivity contribution in [2.45, 2.75) is 38.8 Å². The molecular weight excluding hydrogens is 394 g/mol. The van der Waals surface area contributed by atoms with E-state index in [4.69, 9.17) is 9.47 Å². The van der Waals surface area contributed by atoms with Crippen molar-refractivity contribution in [1.82, 2.24) is 15.1 Å². The summed E-state index contributed by atoms with van der Waals surface area (Å²) < 4.78 is 12.2. The van der Waals surface area contributed by atoms with Gasteiger partial charge in [0, 0.05) is 0 Å². The van der Waals surface area contributed by atoms with Crippen LogP contribution in [0, 0.1) is 0 Å². The number of esters is 1. The van der Waals surface area contributed by atoms with Crippen molar-refractivity contribution in [2.75, 3.05) is 7.11 Å². The third-order valence-electron chi connectivity index (χ3n) is 4.86. The topological polar surface area (TPSA) is 82.5 Å². The van der Waals surface area contributed by atoms with E-state index in [0.717, 1.165) is 24.1 Å².